The molecule has 404 valence electrons. The highest BCUT2D eigenvalue weighted by molar-refractivity contribution is 7.47. The number of aliphatic hydroxyl groups excluding tert-OH is 1. The van der Waals surface area contributed by atoms with Crippen LogP contribution in [0, 0.1) is 0 Å². The number of esters is 3. The van der Waals surface area contributed by atoms with Crippen LogP contribution in [0.4, 0.5) is 0 Å². The summed E-state index contributed by atoms with van der Waals surface area (Å²) in [6.45, 7) is 4.44. The molecule has 0 bridgehead atoms. The van der Waals surface area contributed by atoms with E-state index in [1.54, 1.807) is 0 Å². The molecule has 0 radical (unpaired) electrons. The average Bonchev–Trinajstić information content (AvgIpc) is 3.35. The van der Waals surface area contributed by atoms with Crippen molar-refractivity contribution in [3.05, 3.63) is 72.9 Å². The minimum atomic E-state index is -4.76. The van der Waals surface area contributed by atoms with Crippen molar-refractivity contribution in [1.82, 2.24) is 0 Å². The summed E-state index contributed by atoms with van der Waals surface area (Å²) in [5.74, 6) is -1.52. The molecule has 11 nitrogen and oxygen atoms in total. The zero-order valence-electron chi connectivity index (χ0n) is 44.5. The monoisotopic (exact) mass is 1000 g/mol. The van der Waals surface area contributed by atoms with Gasteiger partial charge >= 0.3 is 25.7 Å². The van der Waals surface area contributed by atoms with E-state index in [1.165, 1.54) is 83.5 Å². The predicted molar refractivity (Wildman–Crippen MR) is 288 cm³/mol. The van der Waals surface area contributed by atoms with Gasteiger partial charge in [-0.25, -0.2) is 4.57 Å². The number of hydrogen-bond donors (Lipinski definition) is 2. The standard InChI is InChI=1S/C58H101O11P/c1-4-7-10-13-16-19-22-24-26-27-29-30-33-35-38-41-44-47-56(60)65-51-55(69-58(62)49-46-43-40-37-34-31-28-25-23-20-17-14-11-8-5-2)53-67-70(63,64)66-52-54(50-59)68-57(61)48-45-42-39-36-32-21-18-15-12-9-6-3/h8,11,16-17,19-20,24-26,28,34,37,54-55,59H,4-7,9-10,12-15,18,21-23,27,29-33,35-36,38-53H2,1-3H3,(H,63,64)/b11-8-,19-16-,20-17-,26-24-,28-25-,37-34-. The van der Waals surface area contributed by atoms with E-state index in [0.29, 0.717) is 19.3 Å². The van der Waals surface area contributed by atoms with Gasteiger partial charge in [-0.1, -0.05) is 203 Å². The van der Waals surface area contributed by atoms with Gasteiger partial charge in [-0.3, -0.25) is 23.4 Å². The van der Waals surface area contributed by atoms with E-state index < -0.39 is 57.8 Å². The van der Waals surface area contributed by atoms with Crippen molar-refractivity contribution in [2.24, 2.45) is 0 Å². The maximum atomic E-state index is 12.9. The smallest absolute Gasteiger partial charge is 0.462 e. The van der Waals surface area contributed by atoms with Gasteiger partial charge in [0.1, 0.15) is 12.7 Å². The maximum Gasteiger partial charge on any atom is 0.472 e. The second-order valence-corrected chi connectivity index (χ2v) is 19.8. The summed E-state index contributed by atoms with van der Waals surface area (Å²) in [6, 6.07) is 0. The van der Waals surface area contributed by atoms with E-state index in [0.717, 1.165) is 96.3 Å². The van der Waals surface area contributed by atoms with Gasteiger partial charge < -0.3 is 24.2 Å². The number of hydrogen-bond acceptors (Lipinski definition) is 10. The summed E-state index contributed by atoms with van der Waals surface area (Å²) in [5.41, 5.74) is 0. The van der Waals surface area contributed by atoms with Crippen molar-refractivity contribution in [1.29, 1.82) is 0 Å². The molecular formula is C58H101O11P. The number of aliphatic hydroxyl groups is 1. The summed E-state index contributed by atoms with van der Waals surface area (Å²) in [7, 11) is -4.76. The van der Waals surface area contributed by atoms with E-state index in [1.807, 2.05) is 0 Å². The van der Waals surface area contributed by atoms with Gasteiger partial charge in [-0.2, -0.15) is 0 Å². The summed E-state index contributed by atoms with van der Waals surface area (Å²) in [4.78, 5) is 48.4. The van der Waals surface area contributed by atoms with E-state index in [2.05, 4.69) is 93.7 Å². The average molecular weight is 1010 g/mol. The van der Waals surface area contributed by atoms with E-state index in [4.69, 9.17) is 23.3 Å². The second kappa shape index (κ2) is 52.2. The highest BCUT2D eigenvalue weighted by atomic mass is 31.2. The van der Waals surface area contributed by atoms with Crippen molar-refractivity contribution in [3.63, 3.8) is 0 Å². The number of allylic oxidation sites excluding steroid dienone is 12. The maximum absolute atomic E-state index is 12.9. The summed E-state index contributed by atoms with van der Waals surface area (Å²) in [5, 5.41) is 9.78. The Morgan fingerprint density at radius 2 is 0.743 bits per heavy atom. The molecule has 2 N–H and O–H groups in total. The van der Waals surface area contributed by atoms with Crippen molar-refractivity contribution in [2.75, 3.05) is 26.4 Å². The molecule has 3 unspecified atom stereocenters. The first-order valence-electron chi connectivity index (χ1n) is 27.8. The van der Waals surface area contributed by atoms with Crippen LogP contribution >= 0.6 is 7.82 Å². The lowest BCUT2D eigenvalue weighted by atomic mass is 10.1. The molecule has 0 saturated carbocycles. The third-order valence-electron chi connectivity index (χ3n) is 11.6. The van der Waals surface area contributed by atoms with Gasteiger partial charge in [0, 0.05) is 19.3 Å². The van der Waals surface area contributed by atoms with Gasteiger partial charge in [0.15, 0.2) is 6.10 Å². The highest BCUT2D eigenvalue weighted by Crippen LogP contribution is 2.43. The first-order valence-corrected chi connectivity index (χ1v) is 29.3. The van der Waals surface area contributed by atoms with Crippen LogP contribution < -0.4 is 0 Å². The van der Waals surface area contributed by atoms with E-state index in [9.17, 15) is 28.9 Å². The Balaban J connectivity index is 4.80. The highest BCUT2D eigenvalue weighted by Gasteiger charge is 2.28. The Labute approximate surface area is 427 Å². The topological polar surface area (TPSA) is 155 Å². The zero-order chi connectivity index (χ0) is 51.3. The Bertz CT molecular complexity index is 1450. The molecule has 12 heteroatoms. The Morgan fingerprint density at radius 1 is 0.414 bits per heavy atom. The van der Waals surface area contributed by atoms with E-state index >= 15 is 0 Å². The molecular weight excluding hydrogens is 904 g/mol. The Hall–Kier alpha value is -3.08. The molecule has 0 saturated heterocycles. The normalized spacial score (nSPS) is 14.0. The quantitative estimate of drug-likeness (QED) is 0.0197. The molecule has 3 atom stereocenters. The fourth-order valence-corrected chi connectivity index (χ4v) is 8.16. The lowest BCUT2D eigenvalue weighted by Crippen LogP contribution is -2.30. The number of carbonyl (C=O) groups excluding carboxylic acids is 3. The predicted octanol–water partition coefficient (Wildman–Crippen LogP) is 16.1. The van der Waals surface area contributed by atoms with Gasteiger partial charge in [0.2, 0.25) is 0 Å². The third-order valence-corrected chi connectivity index (χ3v) is 12.6. The Kier molecular flexibility index (Phi) is 50.0. The van der Waals surface area contributed by atoms with Crippen molar-refractivity contribution in [3.8, 4) is 0 Å². The summed E-state index contributed by atoms with van der Waals surface area (Å²) < 4.78 is 39.4. The minimum Gasteiger partial charge on any atom is -0.462 e. The molecule has 0 aliphatic rings. The first-order chi connectivity index (χ1) is 34.2. The Morgan fingerprint density at radius 3 is 1.20 bits per heavy atom. The van der Waals surface area contributed by atoms with Crippen LogP contribution in [0.2, 0.25) is 0 Å². The molecule has 0 aromatic heterocycles. The van der Waals surface area contributed by atoms with Crippen LogP contribution in [0.5, 0.6) is 0 Å². The van der Waals surface area contributed by atoms with Crippen LogP contribution in [-0.2, 0) is 42.2 Å². The first kappa shape index (κ1) is 66.9. The van der Waals surface area contributed by atoms with Crippen molar-refractivity contribution in [2.45, 2.75) is 251 Å². The van der Waals surface area contributed by atoms with Gasteiger partial charge in [-0.15, -0.1) is 0 Å². The fourth-order valence-electron chi connectivity index (χ4n) is 7.38. The van der Waals surface area contributed by atoms with Crippen molar-refractivity contribution >= 4 is 25.7 Å². The number of rotatable bonds is 51. The van der Waals surface area contributed by atoms with Crippen LogP contribution in [0.3, 0.4) is 0 Å². The molecule has 0 rings (SSSR count). The van der Waals surface area contributed by atoms with Crippen LogP contribution in [0.25, 0.3) is 0 Å². The summed E-state index contributed by atoms with van der Waals surface area (Å²) >= 11 is 0. The van der Waals surface area contributed by atoms with Crippen LogP contribution in [0.1, 0.15) is 239 Å². The summed E-state index contributed by atoms with van der Waals surface area (Å²) in [6.07, 6.45) is 57.2. The molecule has 70 heavy (non-hydrogen) atoms. The van der Waals surface area contributed by atoms with Crippen LogP contribution in [-0.4, -0.2) is 66.5 Å². The molecule has 0 aliphatic carbocycles. The molecule has 0 fully saturated rings. The van der Waals surface area contributed by atoms with Gasteiger partial charge in [0.05, 0.1) is 19.8 Å². The van der Waals surface area contributed by atoms with Gasteiger partial charge in [-0.05, 0) is 89.9 Å². The molecule has 0 aromatic rings. The molecule has 0 amide bonds. The fraction of sp³-hybridized carbons (Fsp3) is 0.741. The van der Waals surface area contributed by atoms with Crippen LogP contribution in [0.15, 0.2) is 72.9 Å². The third kappa shape index (κ3) is 49.9. The van der Waals surface area contributed by atoms with Crippen molar-refractivity contribution < 1.29 is 52.2 Å². The number of phosphoric acid groups is 1. The largest absolute Gasteiger partial charge is 0.472 e. The lowest BCUT2D eigenvalue weighted by molar-refractivity contribution is -0.161. The number of carbonyl (C=O) groups is 3. The number of ether oxygens (including phenoxy) is 3. The lowest BCUT2D eigenvalue weighted by Gasteiger charge is -2.21. The SMILES string of the molecule is CC/C=C\C/C=C\C/C=C\C/C=C\CCCCC(=O)OC(COC(=O)CCCCCCCCC/C=C\C/C=C\CCCCC)COP(=O)(O)OCC(CO)OC(=O)CCCCCCCCCCCCC. The molecule has 0 aromatic carbocycles. The van der Waals surface area contributed by atoms with Gasteiger partial charge in [0.25, 0.3) is 0 Å². The number of unbranched alkanes of at least 4 members (excludes halogenated alkanes) is 22. The molecule has 0 spiro atoms. The van der Waals surface area contributed by atoms with E-state index in [-0.39, 0.29) is 25.9 Å². The molecule has 0 heterocycles. The zero-order valence-corrected chi connectivity index (χ0v) is 45.4. The number of phosphoric ester groups is 1. The minimum absolute atomic E-state index is 0.113. The second-order valence-electron chi connectivity index (χ2n) is 18.4. The molecule has 0 aliphatic heterocycles.